The molecule has 0 aliphatic carbocycles. The van der Waals surface area contributed by atoms with Crippen molar-refractivity contribution in [1.29, 1.82) is 0 Å². The maximum Gasteiger partial charge on any atom is 0.225 e. The van der Waals surface area contributed by atoms with Crippen molar-refractivity contribution in [1.82, 2.24) is 9.97 Å². The van der Waals surface area contributed by atoms with E-state index in [2.05, 4.69) is 35.6 Å². The molecule has 0 aromatic carbocycles. The first-order valence-corrected chi connectivity index (χ1v) is 9.10. The molecule has 0 radical (unpaired) electrons. The highest BCUT2D eigenvalue weighted by atomic mass is 16.5. The van der Waals surface area contributed by atoms with E-state index in [9.17, 15) is 5.11 Å². The number of aromatic nitrogens is 2. The van der Waals surface area contributed by atoms with E-state index in [1.54, 1.807) is 0 Å². The van der Waals surface area contributed by atoms with Crippen LogP contribution < -0.4 is 4.90 Å². The first-order chi connectivity index (χ1) is 11.2. The van der Waals surface area contributed by atoms with Gasteiger partial charge in [-0.1, -0.05) is 20.8 Å². The van der Waals surface area contributed by atoms with E-state index in [-0.39, 0.29) is 23.2 Å². The Morgan fingerprint density at radius 3 is 2.50 bits per heavy atom. The largest absolute Gasteiger partial charge is 0.393 e. The molecule has 1 aromatic rings. The number of piperidine rings is 1. The Morgan fingerprint density at radius 1 is 1.25 bits per heavy atom. The number of hydrogen-bond acceptors (Lipinski definition) is 5. The zero-order valence-corrected chi connectivity index (χ0v) is 15.7. The zero-order chi connectivity index (χ0) is 17.5. The summed E-state index contributed by atoms with van der Waals surface area (Å²) in [4.78, 5) is 11.4. The number of aryl methyl sites for hydroxylation is 2. The van der Waals surface area contributed by atoms with Gasteiger partial charge in [-0.25, -0.2) is 9.97 Å². The van der Waals surface area contributed by atoms with Crippen LogP contribution in [-0.4, -0.2) is 46.0 Å². The van der Waals surface area contributed by atoms with E-state index in [1.807, 2.05) is 20.0 Å². The molecule has 2 aliphatic heterocycles. The predicted molar refractivity (Wildman–Crippen MR) is 95.3 cm³/mol. The summed E-state index contributed by atoms with van der Waals surface area (Å²) in [6.45, 7) is 12.4. The Hall–Kier alpha value is -1.20. The standard InChI is InChI=1S/C19H31N3O2/c1-13-12-20-17(21-14(13)2)22-8-6-19(7-9-22)11-15(23)10-16(24-19)18(3,4)5/h12,15-16,23H,6-11H2,1-5H3/t15-,16-/m1/s1. The maximum absolute atomic E-state index is 10.4. The van der Waals surface area contributed by atoms with Crippen LogP contribution in [0.15, 0.2) is 6.20 Å². The molecule has 134 valence electrons. The SMILES string of the molecule is Cc1cnc(N2CCC3(CC2)C[C@H](O)C[C@H](C(C)(C)C)O3)nc1C. The van der Waals surface area contributed by atoms with Crippen LogP contribution >= 0.6 is 0 Å². The van der Waals surface area contributed by atoms with Crippen molar-refractivity contribution in [2.24, 2.45) is 5.41 Å². The van der Waals surface area contributed by atoms with Gasteiger partial charge in [-0.05, 0) is 37.7 Å². The van der Waals surface area contributed by atoms with Crippen LogP contribution in [0.5, 0.6) is 0 Å². The molecule has 2 fully saturated rings. The van der Waals surface area contributed by atoms with Crippen LogP contribution in [0.25, 0.3) is 0 Å². The monoisotopic (exact) mass is 333 g/mol. The van der Waals surface area contributed by atoms with Crippen molar-refractivity contribution in [2.45, 2.75) is 78.1 Å². The molecule has 0 bridgehead atoms. The van der Waals surface area contributed by atoms with Gasteiger partial charge in [0, 0.05) is 37.8 Å². The van der Waals surface area contributed by atoms with Gasteiger partial charge in [0.25, 0.3) is 0 Å². The summed E-state index contributed by atoms with van der Waals surface area (Å²) in [5.74, 6) is 0.816. The molecule has 2 saturated heterocycles. The van der Waals surface area contributed by atoms with Crippen LogP contribution in [0.4, 0.5) is 5.95 Å². The van der Waals surface area contributed by atoms with Crippen LogP contribution in [0.2, 0.25) is 0 Å². The first kappa shape index (κ1) is 17.6. The van der Waals surface area contributed by atoms with E-state index < -0.39 is 0 Å². The average molecular weight is 333 g/mol. The summed E-state index contributed by atoms with van der Waals surface area (Å²) in [5, 5.41) is 10.4. The Morgan fingerprint density at radius 2 is 1.92 bits per heavy atom. The second-order valence-electron chi connectivity index (χ2n) is 8.67. The second-order valence-corrected chi connectivity index (χ2v) is 8.67. The minimum absolute atomic E-state index is 0.0582. The number of anilines is 1. The third kappa shape index (κ3) is 3.57. The van der Waals surface area contributed by atoms with Crippen molar-refractivity contribution in [3.63, 3.8) is 0 Å². The first-order valence-electron chi connectivity index (χ1n) is 9.10. The van der Waals surface area contributed by atoms with Crippen molar-refractivity contribution in [2.75, 3.05) is 18.0 Å². The topological polar surface area (TPSA) is 58.5 Å². The highest BCUT2D eigenvalue weighted by Gasteiger charge is 2.46. The number of aliphatic hydroxyl groups is 1. The number of nitrogens with zero attached hydrogens (tertiary/aromatic N) is 3. The van der Waals surface area contributed by atoms with Gasteiger partial charge in [0.15, 0.2) is 0 Å². The normalized spacial score (nSPS) is 27.5. The Kier molecular flexibility index (Phi) is 4.60. The molecule has 1 N–H and O–H groups in total. The summed E-state index contributed by atoms with van der Waals surface area (Å²) >= 11 is 0. The van der Waals surface area contributed by atoms with Gasteiger partial charge in [-0.2, -0.15) is 0 Å². The summed E-state index contributed by atoms with van der Waals surface area (Å²) in [5.41, 5.74) is 2.03. The van der Waals surface area contributed by atoms with Gasteiger partial charge in [-0.15, -0.1) is 0 Å². The predicted octanol–water partition coefficient (Wildman–Crippen LogP) is 3.02. The lowest BCUT2D eigenvalue weighted by atomic mass is 9.76. The van der Waals surface area contributed by atoms with Crippen molar-refractivity contribution < 1.29 is 9.84 Å². The minimum Gasteiger partial charge on any atom is -0.393 e. The fourth-order valence-corrected chi connectivity index (χ4v) is 3.79. The third-order valence-corrected chi connectivity index (χ3v) is 5.62. The van der Waals surface area contributed by atoms with Crippen LogP contribution in [0.1, 0.15) is 57.7 Å². The van der Waals surface area contributed by atoms with Crippen molar-refractivity contribution in [3.8, 4) is 0 Å². The van der Waals surface area contributed by atoms with Crippen LogP contribution in [0.3, 0.4) is 0 Å². The number of rotatable bonds is 1. The molecular weight excluding hydrogens is 302 g/mol. The molecular formula is C19H31N3O2. The maximum atomic E-state index is 10.4. The van der Waals surface area contributed by atoms with Gasteiger partial charge < -0.3 is 14.7 Å². The van der Waals surface area contributed by atoms with Crippen molar-refractivity contribution >= 4 is 5.95 Å². The zero-order valence-electron chi connectivity index (χ0n) is 15.7. The molecule has 2 aliphatic rings. The lowest BCUT2D eigenvalue weighted by Crippen LogP contribution is -2.55. The average Bonchev–Trinajstić information content (AvgIpc) is 2.49. The molecule has 5 heteroatoms. The molecule has 5 nitrogen and oxygen atoms in total. The third-order valence-electron chi connectivity index (χ3n) is 5.62. The summed E-state index contributed by atoms with van der Waals surface area (Å²) in [6, 6.07) is 0. The molecule has 3 rings (SSSR count). The summed E-state index contributed by atoms with van der Waals surface area (Å²) in [6.07, 6.45) is 5.10. The number of hydrogen-bond donors (Lipinski definition) is 1. The van der Waals surface area contributed by atoms with E-state index in [0.29, 0.717) is 0 Å². The molecule has 24 heavy (non-hydrogen) atoms. The molecule has 2 atom stereocenters. The Bertz CT molecular complexity index is 589. The molecule has 3 heterocycles. The smallest absolute Gasteiger partial charge is 0.225 e. The quantitative estimate of drug-likeness (QED) is 0.856. The van der Waals surface area contributed by atoms with Gasteiger partial charge in [0.05, 0.1) is 17.8 Å². The van der Waals surface area contributed by atoms with Crippen LogP contribution in [0, 0.1) is 19.3 Å². The highest BCUT2D eigenvalue weighted by Crippen LogP contribution is 2.42. The lowest BCUT2D eigenvalue weighted by Gasteiger charge is -2.50. The second kappa shape index (κ2) is 6.26. The molecule has 0 saturated carbocycles. The van der Waals surface area contributed by atoms with E-state index >= 15 is 0 Å². The molecule has 1 spiro atoms. The number of aliphatic hydroxyl groups excluding tert-OH is 1. The Balaban J connectivity index is 1.70. The Labute approximate surface area is 145 Å². The molecule has 1 aromatic heterocycles. The van der Waals surface area contributed by atoms with Gasteiger partial charge in [-0.3, -0.25) is 0 Å². The van der Waals surface area contributed by atoms with Crippen molar-refractivity contribution in [3.05, 3.63) is 17.5 Å². The summed E-state index contributed by atoms with van der Waals surface area (Å²) in [7, 11) is 0. The van der Waals surface area contributed by atoms with Gasteiger partial charge in [0.1, 0.15) is 0 Å². The minimum atomic E-state index is -0.257. The summed E-state index contributed by atoms with van der Waals surface area (Å²) < 4.78 is 6.55. The van der Waals surface area contributed by atoms with E-state index in [0.717, 1.165) is 56.0 Å². The fourth-order valence-electron chi connectivity index (χ4n) is 3.79. The number of ether oxygens (including phenoxy) is 1. The van der Waals surface area contributed by atoms with Gasteiger partial charge in [0.2, 0.25) is 5.95 Å². The lowest BCUT2D eigenvalue weighted by molar-refractivity contribution is -0.199. The van der Waals surface area contributed by atoms with Gasteiger partial charge >= 0.3 is 0 Å². The fraction of sp³-hybridized carbons (Fsp3) is 0.789. The molecule has 0 unspecified atom stereocenters. The highest BCUT2D eigenvalue weighted by molar-refractivity contribution is 5.33. The van der Waals surface area contributed by atoms with E-state index in [4.69, 9.17) is 4.74 Å². The molecule has 0 amide bonds. The van der Waals surface area contributed by atoms with Crippen LogP contribution in [-0.2, 0) is 4.74 Å². The van der Waals surface area contributed by atoms with E-state index in [1.165, 1.54) is 0 Å².